The van der Waals surface area contributed by atoms with Crippen LogP contribution >= 0.6 is 14.3 Å². The van der Waals surface area contributed by atoms with E-state index in [4.69, 9.17) is 0 Å². The van der Waals surface area contributed by atoms with Gasteiger partial charge in [-0.25, -0.2) is 0 Å². The average Bonchev–Trinajstić information content (AvgIpc) is 3.34. The Kier molecular flexibility index (Phi) is 15.8. The van der Waals surface area contributed by atoms with Crippen molar-refractivity contribution in [3.05, 3.63) is 179 Å². The summed E-state index contributed by atoms with van der Waals surface area (Å²) in [5.74, 6) is 0. The maximum atomic E-state index is 15.8. The van der Waals surface area contributed by atoms with Crippen molar-refractivity contribution < 1.29 is 9.13 Å². The van der Waals surface area contributed by atoms with Gasteiger partial charge in [-0.1, -0.05) is 218 Å². The molecule has 0 heterocycles. The molecule has 62 heavy (non-hydrogen) atoms. The second kappa shape index (κ2) is 21.4. The van der Waals surface area contributed by atoms with Gasteiger partial charge in [0.1, 0.15) is 0 Å². The van der Waals surface area contributed by atoms with Gasteiger partial charge in [0, 0.05) is 37.2 Å². The van der Waals surface area contributed by atoms with Gasteiger partial charge >= 0.3 is 0 Å². The molecule has 1 aliphatic carbocycles. The zero-order valence-electron chi connectivity index (χ0n) is 38.1. The molecule has 2 nitrogen and oxygen atoms in total. The van der Waals surface area contributed by atoms with Crippen LogP contribution in [0.5, 0.6) is 0 Å². The van der Waals surface area contributed by atoms with Crippen LogP contribution in [-0.2, 0) is 40.2 Å². The van der Waals surface area contributed by atoms with Crippen molar-refractivity contribution in [2.45, 2.75) is 142 Å². The highest BCUT2D eigenvalue weighted by atomic mass is 31.2. The summed E-state index contributed by atoms with van der Waals surface area (Å²) >= 11 is 0. The van der Waals surface area contributed by atoms with E-state index in [0.717, 1.165) is 135 Å². The zero-order chi connectivity index (χ0) is 43.4. The number of aryl methyl sites for hydroxylation is 4. The Morgan fingerprint density at radius 2 is 0.565 bits per heavy atom. The van der Waals surface area contributed by atoms with E-state index < -0.39 is 14.3 Å². The Bertz CT molecular complexity index is 2110. The maximum absolute atomic E-state index is 15.8. The van der Waals surface area contributed by atoms with Gasteiger partial charge in [0.05, 0.1) is 0 Å². The van der Waals surface area contributed by atoms with Crippen molar-refractivity contribution in [2.24, 2.45) is 0 Å². The molecule has 7 rings (SSSR count). The van der Waals surface area contributed by atoms with Crippen LogP contribution in [0.25, 0.3) is 0 Å². The van der Waals surface area contributed by atoms with Crippen molar-refractivity contribution in [2.75, 3.05) is 0 Å². The van der Waals surface area contributed by atoms with Crippen molar-refractivity contribution in [3.8, 4) is 0 Å². The van der Waals surface area contributed by atoms with Gasteiger partial charge in [-0.15, -0.1) is 0 Å². The molecule has 0 radical (unpaired) electrons. The molecule has 0 amide bonds. The monoisotopic (exact) mass is 860 g/mol. The first-order chi connectivity index (χ1) is 30.3. The maximum Gasteiger partial charge on any atom is 0.171 e. The third kappa shape index (κ3) is 9.94. The predicted octanol–water partition coefficient (Wildman–Crippen LogP) is 13.6. The largest absolute Gasteiger partial charge is 0.309 e. The van der Waals surface area contributed by atoms with E-state index >= 15 is 9.13 Å². The van der Waals surface area contributed by atoms with Crippen LogP contribution < -0.4 is 31.8 Å². The molecule has 0 aliphatic heterocycles. The fourth-order valence-corrected chi connectivity index (χ4v) is 15.0. The molecule has 0 N–H and O–H groups in total. The van der Waals surface area contributed by atoms with E-state index in [1.807, 2.05) is 0 Å². The SMILES string of the molecule is CCCCc1ccc(P(=O)(c2ccc(CCCC)cc2)c2ccc(C3(c4ccc(P(=O)(c5ccc(CCCC)cc5)c5ccc(CCCC)cc5)cc4)CCCCC3)cc2)cc1. The summed E-state index contributed by atoms with van der Waals surface area (Å²) in [7, 11) is -6.31. The van der Waals surface area contributed by atoms with Crippen molar-refractivity contribution in [1.82, 2.24) is 0 Å². The summed E-state index contributed by atoms with van der Waals surface area (Å²) in [6.07, 6.45) is 19.1. The second-order valence-electron chi connectivity index (χ2n) is 18.0. The lowest BCUT2D eigenvalue weighted by molar-refractivity contribution is 0.346. The van der Waals surface area contributed by atoms with E-state index in [1.54, 1.807) is 0 Å². The molecule has 324 valence electrons. The van der Waals surface area contributed by atoms with E-state index in [0.29, 0.717) is 0 Å². The molecule has 6 aromatic carbocycles. The van der Waals surface area contributed by atoms with E-state index in [-0.39, 0.29) is 5.41 Å². The molecule has 0 bridgehead atoms. The fraction of sp³-hybridized carbons (Fsp3) is 0.379. The van der Waals surface area contributed by atoms with Gasteiger partial charge in [-0.3, -0.25) is 0 Å². The first-order valence-electron chi connectivity index (χ1n) is 24.1. The van der Waals surface area contributed by atoms with Gasteiger partial charge in [0.25, 0.3) is 0 Å². The van der Waals surface area contributed by atoms with E-state index in [9.17, 15) is 0 Å². The Labute approximate surface area is 374 Å². The van der Waals surface area contributed by atoms with Crippen molar-refractivity contribution in [3.63, 3.8) is 0 Å². The fourth-order valence-electron chi connectivity index (χ4n) is 9.79. The molecule has 1 aliphatic rings. The molecule has 1 saturated carbocycles. The predicted molar refractivity (Wildman–Crippen MR) is 270 cm³/mol. The molecular formula is C58H70O2P2. The summed E-state index contributed by atoms with van der Waals surface area (Å²) < 4.78 is 31.6. The minimum absolute atomic E-state index is 0.174. The topological polar surface area (TPSA) is 34.1 Å². The molecule has 1 fully saturated rings. The van der Waals surface area contributed by atoms with Gasteiger partial charge in [0.15, 0.2) is 14.3 Å². The summed E-state index contributed by atoms with van der Waals surface area (Å²) in [6, 6.07) is 52.2. The summed E-state index contributed by atoms with van der Waals surface area (Å²) in [6.45, 7) is 8.91. The summed E-state index contributed by atoms with van der Waals surface area (Å²) in [5.41, 5.74) is 7.58. The minimum Gasteiger partial charge on any atom is -0.309 e. The molecule has 0 atom stereocenters. The number of rotatable bonds is 20. The first-order valence-corrected chi connectivity index (χ1v) is 27.5. The van der Waals surface area contributed by atoms with Crippen LogP contribution in [0.1, 0.15) is 145 Å². The summed E-state index contributed by atoms with van der Waals surface area (Å²) in [5, 5.41) is 5.34. The van der Waals surface area contributed by atoms with Crippen LogP contribution in [0.4, 0.5) is 0 Å². The van der Waals surface area contributed by atoms with Crippen molar-refractivity contribution in [1.29, 1.82) is 0 Å². The van der Waals surface area contributed by atoms with Gasteiger partial charge in [-0.2, -0.15) is 0 Å². The normalized spacial score (nSPS) is 14.2. The van der Waals surface area contributed by atoms with E-state index in [2.05, 4.69) is 173 Å². The molecule has 0 unspecified atom stereocenters. The smallest absolute Gasteiger partial charge is 0.171 e. The van der Waals surface area contributed by atoms with Gasteiger partial charge in [-0.05, 0) is 97.6 Å². The van der Waals surface area contributed by atoms with Gasteiger partial charge in [0.2, 0.25) is 0 Å². The highest BCUT2D eigenvalue weighted by Gasteiger charge is 2.38. The molecule has 4 heteroatoms. The number of benzene rings is 6. The lowest BCUT2D eigenvalue weighted by atomic mass is 9.65. The lowest BCUT2D eigenvalue weighted by Crippen LogP contribution is -2.32. The molecule has 0 aromatic heterocycles. The first kappa shape index (κ1) is 45.8. The number of hydrogen-bond acceptors (Lipinski definition) is 2. The lowest BCUT2D eigenvalue weighted by Gasteiger charge is -2.39. The Morgan fingerprint density at radius 3 is 0.790 bits per heavy atom. The molecular weight excluding hydrogens is 791 g/mol. The quantitative estimate of drug-likeness (QED) is 0.0717. The third-order valence-electron chi connectivity index (χ3n) is 13.7. The van der Waals surface area contributed by atoms with Crippen LogP contribution in [0, 0.1) is 0 Å². The zero-order valence-corrected chi connectivity index (χ0v) is 39.9. The van der Waals surface area contributed by atoms with Crippen LogP contribution in [0.3, 0.4) is 0 Å². The standard InChI is InChI=1S/C58H70O2P2/c1-5-9-16-46-20-32-52(33-21-46)61(59,53-34-22-47(23-35-53)17-10-6-2)56-40-28-50(29-41-56)58(44-14-13-15-45-58)51-30-42-57(43-31-51)62(60,54-36-24-48(25-37-54)18-11-7-3)55-38-26-49(27-39-55)19-12-8-4/h20-43H,5-19,44-45H2,1-4H3. The Hall–Kier alpha value is -4.22. The summed E-state index contributed by atoms with van der Waals surface area (Å²) in [4.78, 5) is 0. The Balaban J connectivity index is 1.25. The molecule has 0 saturated heterocycles. The van der Waals surface area contributed by atoms with Crippen LogP contribution in [0.2, 0.25) is 0 Å². The molecule has 6 aromatic rings. The second-order valence-corrected chi connectivity index (χ2v) is 23.6. The average molecular weight is 861 g/mol. The van der Waals surface area contributed by atoms with Crippen molar-refractivity contribution >= 4 is 46.1 Å². The third-order valence-corrected chi connectivity index (χ3v) is 19.9. The Morgan fingerprint density at radius 1 is 0.339 bits per heavy atom. The highest BCUT2D eigenvalue weighted by Crippen LogP contribution is 2.48. The van der Waals surface area contributed by atoms with Crippen LogP contribution in [0.15, 0.2) is 146 Å². The molecule has 0 spiro atoms. The van der Waals surface area contributed by atoms with Gasteiger partial charge < -0.3 is 9.13 Å². The highest BCUT2D eigenvalue weighted by molar-refractivity contribution is 7.85. The van der Waals surface area contributed by atoms with E-state index in [1.165, 1.54) is 39.8 Å². The van der Waals surface area contributed by atoms with Crippen LogP contribution in [-0.4, -0.2) is 0 Å². The number of hydrogen-bond donors (Lipinski definition) is 0. The minimum atomic E-state index is -3.15. The number of unbranched alkanes of at least 4 members (excludes halogenated alkanes) is 4.